The van der Waals surface area contributed by atoms with Gasteiger partial charge in [0, 0.05) is 17.0 Å². The normalized spacial score (nSPS) is 22.9. The summed E-state index contributed by atoms with van der Waals surface area (Å²) in [6.45, 7) is 6.24. The number of aryl methyl sites for hydroxylation is 2. The molecule has 2 heterocycles. The molecule has 0 aliphatic heterocycles. The number of aromatic nitrogens is 3. The second-order valence-corrected chi connectivity index (χ2v) is 7.24. The highest BCUT2D eigenvalue weighted by Gasteiger charge is 2.26. The molecule has 2 N–H and O–H groups in total. The van der Waals surface area contributed by atoms with Gasteiger partial charge in [0.1, 0.15) is 17.3 Å². The van der Waals surface area contributed by atoms with Gasteiger partial charge in [-0.05, 0) is 58.3 Å². The molecule has 1 aliphatic carbocycles. The van der Waals surface area contributed by atoms with Crippen LogP contribution in [-0.2, 0) is 0 Å². The molecular formula is C16H24N4S. The predicted octanol–water partition coefficient (Wildman–Crippen LogP) is 3.79. The number of thioether (sulfide) groups is 1. The predicted molar refractivity (Wildman–Crippen MR) is 91.0 cm³/mol. The highest BCUT2D eigenvalue weighted by molar-refractivity contribution is 7.99. The van der Waals surface area contributed by atoms with Crippen LogP contribution in [0.15, 0.2) is 0 Å². The van der Waals surface area contributed by atoms with Gasteiger partial charge in [-0.15, -0.1) is 0 Å². The largest absolute Gasteiger partial charge is 0.383 e. The molecule has 0 aromatic carbocycles. The highest BCUT2D eigenvalue weighted by atomic mass is 32.2. The van der Waals surface area contributed by atoms with Crippen molar-refractivity contribution < 1.29 is 0 Å². The van der Waals surface area contributed by atoms with E-state index >= 15 is 0 Å². The third-order valence-electron chi connectivity index (χ3n) is 4.88. The molecule has 0 amide bonds. The quantitative estimate of drug-likeness (QED) is 0.917. The molecule has 2 aromatic rings. The molecule has 21 heavy (non-hydrogen) atoms. The third-order valence-corrected chi connectivity index (χ3v) is 6.02. The molecule has 114 valence electrons. The third kappa shape index (κ3) is 2.41. The first-order valence-corrected chi connectivity index (χ1v) is 8.95. The number of nitrogens with zero attached hydrogens (tertiary/aromatic N) is 3. The Hall–Kier alpha value is -1.23. The van der Waals surface area contributed by atoms with Crippen LogP contribution in [0.25, 0.3) is 11.0 Å². The maximum Gasteiger partial charge on any atom is 0.146 e. The van der Waals surface area contributed by atoms with Crippen LogP contribution in [0.5, 0.6) is 0 Å². The lowest BCUT2D eigenvalue weighted by molar-refractivity contribution is 0.362. The van der Waals surface area contributed by atoms with E-state index in [0.29, 0.717) is 11.9 Å². The fourth-order valence-corrected chi connectivity index (χ4v) is 4.36. The standard InChI is InChI=1S/C16H24N4S/c1-9-10(2)20(12-5-7-13(21-4)8-6-12)16-14(9)15(17)18-11(3)19-16/h12-13H,5-8H2,1-4H3,(H2,17,18,19). The molecule has 1 saturated carbocycles. The zero-order chi connectivity index (χ0) is 15.1. The topological polar surface area (TPSA) is 56.7 Å². The van der Waals surface area contributed by atoms with E-state index in [-0.39, 0.29) is 0 Å². The number of fused-ring (bicyclic) bond motifs is 1. The Morgan fingerprint density at radius 3 is 2.38 bits per heavy atom. The van der Waals surface area contributed by atoms with E-state index in [4.69, 9.17) is 10.7 Å². The molecule has 0 saturated heterocycles. The van der Waals surface area contributed by atoms with E-state index in [1.807, 2.05) is 18.7 Å². The number of anilines is 1. The fraction of sp³-hybridized carbons (Fsp3) is 0.625. The molecule has 3 rings (SSSR count). The van der Waals surface area contributed by atoms with E-state index in [1.165, 1.54) is 36.9 Å². The molecular weight excluding hydrogens is 280 g/mol. The van der Waals surface area contributed by atoms with Gasteiger partial charge in [0.05, 0.1) is 5.39 Å². The Labute approximate surface area is 130 Å². The first-order valence-electron chi connectivity index (χ1n) is 7.67. The minimum atomic E-state index is 0.554. The van der Waals surface area contributed by atoms with Gasteiger partial charge in [-0.1, -0.05) is 0 Å². The van der Waals surface area contributed by atoms with Crippen molar-refractivity contribution in [2.24, 2.45) is 0 Å². The average Bonchev–Trinajstić information content (AvgIpc) is 2.71. The number of rotatable bonds is 2. The highest BCUT2D eigenvalue weighted by Crippen LogP contribution is 2.38. The van der Waals surface area contributed by atoms with Crippen molar-refractivity contribution in [1.29, 1.82) is 0 Å². The summed E-state index contributed by atoms with van der Waals surface area (Å²) in [5.41, 5.74) is 9.70. The summed E-state index contributed by atoms with van der Waals surface area (Å²) in [6.07, 6.45) is 7.28. The van der Waals surface area contributed by atoms with Crippen LogP contribution in [-0.4, -0.2) is 26.0 Å². The monoisotopic (exact) mass is 304 g/mol. The Morgan fingerprint density at radius 2 is 1.76 bits per heavy atom. The number of nitrogen functional groups attached to an aromatic ring is 1. The zero-order valence-electron chi connectivity index (χ0n) is 13.3. The van der Waals surface area contributed by atoms with Gasteiger partial charge in [-0.3, -0.25) is 0 Å². The van der Waals surface area contributed by atoms with E-state index in [0.717, 1.165) is 22.1 Å². The minimum Gasteiger partial charge on any atom is -0.383 e. The van der Waals surface area contributed by atoms with Gasteiger partial charge in [-0.2, -0.15) is 11.8 Å². The van der Waals surface area contributed by atoms with E-state index in [2.05, 4.69) is 29.7 Å². The lowest BCUT2D eigenvalue weighted by atomic mass is 9.94. The van der Waals surface area contributed by atoms with Crippen molar-refractivity contribution in [2.75, 3.05) is 12.0 Å². The summed E-state index contributed by atoms with van der Waals surface area (Å²) in [5, 5.41) is 1.87. The van der Waals surface area contributed by atoms with Crippen molar-refractivity contribution in [3.63, 3.8) is 0 Å². The van der Waals surface area contributed by atoms with Crippen LogP contribution in [0.2, 0.25) is 0 Å². The molecule has 1 fully saturated rings. The van der Waals surface area contributed by atoms with Gasteiger partial charge in [0.25, 0.3) is 0 Å². The average molecular weight is 304 g/mol. The van der Waals surface area contributed by atoms with Crippen LogP contribution in [0.4, 0.5) is 5.82 Å². The Bertz CT molecular complexity index is 669. The number of hydrogen-bond donors (Lipinski definition) is 1. The van der Waals surface area contributed by atoms with Crippen molar-refractivity contribution in [3.8, 4) is 0 Å². The first kappa shape index (κ1) is 14.7. The van der Waals surface area contributed by atoms with E-state index in [9.17, 15) is 0 Å². The maximum atomic E-state index is 6.15. The molecule has 2 aromatic heterocycles. The Balaban J connectivity index is 2.08. The number of nitrogens with two attached hydrogens (primary N) is 1. The second kappa shape index (κ2) is 5.52. The molecule has 0 unspecified atom stereocenters. The van der Waals surface area contributed by atoms with Crippen LogP contribution in [0.1, 0.15) is 48.8 Å². The maximum absolute atomic E-state index is 6.15. The second-order valence-electron chi connectivity index (χ2n) is 6.10. The molecule has 4 nitrogen and oxygen atoms in total. The van der Waals surface area contributed by atoms with Crippen LogP contribution >= 0.6 is 11.8 Å². The van der Waals surface area contributed by atoms with E-state index < -0.39 is 0 Å². The molecule has 1 aliphatic rings. The Morgan fingerprint density at radius 1 is 1.10 bits per heavy atom. The molecule has 0 spiro atoms. The summed E-state index contributed by atoms with van der Waals surface area (Å²) in [7, 11) is 0. The molecule has 0 atom stereocenters. The van der Waals surface area contributed by atoms with Crippen LogP contribution < -0.4 is 5.73 Å². The van der Waals surface area contributed by atoms with E-state index in [1.54, 1.807) is 0 Å². The minimum absolute atomic E-state index is 0.554. The van der Waals surface area contributed by atoms with Crippen LogP contribution in [0.3, 0.4) is 0 Å². The fourth-order valence-electron chi connectivity index (χ4n) is 3.62. The van der Waals surface area contributed by atoms with Crippen molar-refractivity contribution >= 4 is 28.6 Å². The van der Waals surface area contributed by atoms with Gasteiger partial charge in [-0.25, -0.2) is 9.97 Å². The smallest absolute Gasteiger partial charge is 0.146 e. The summed E-state index contributed by atoms with van der Waals surface area (Å²) in [4.78, 5) is 9.04. The molecule has 0 bridgehead atoms. The summed E-state index contributed by atoms with van der Waals surface area (Å²) in [6, 6.07) is 0.554. The SMILES string of the molecule is CSC1CCC(n2c(C)c(C)c3c(N)nc(C)nc32)CC1. The summed E-state index contributed by atoms with van der Waals surface area (Å²) in [5.74, 6) is 1.38. The molecule has 5 heteroatoms. The van der Waals surface area contributed by atoms with Crippen molar-refractivity contribution in [1.82, 2.24) is 14.5 Å². The number of hydrogen-bond acceptors (Lipinski definition) is 4. The zero-order valence-corrected chi connectivity index (χ0v) is 14.1. The van der Waals surface area contributed by atoms with Gasteiger partial charge < -0.3 is 10.3 Å². The van der Waals surface area contributed by atoms with Gasteiger partial charge >= 0.3 is 0 Å². The van der Waals surface area contributed by atoms with Crippen molar-refractivity contribution in [3.05, 3.63) is 17.1 Å². The van der Waals surface area contributed by atoms with Gasteiger partial charge in [0.15, 0.2) is 0 Å². The first-order chi connectivity index (χ1) is 10.0. The summed E-state index contributed by atoms with van der Waals surface area (Å²) < 4.78 is 2.42. The van der Waals surface area contributed by atoms with Crippen molar-refractivity contribution in [2.45, 2.75) is 57.7 Å². The summed E-state index contributed by atoms with van der Waals surface area (Å²) >= 11 is 2.01. The van der Waals surface area contributed by atoms with Crippen LogP contribution in [0, 0.1) is 20.8 Å². The lowest BCUT2D eigenvalue weighted by Gasteiger charge is -2.29. The Kier molecular flexibility index (Phi) is 3.86. The van der Waals surface area contributed by atoms with Gasteiger partial charge in [0.2, 0.25) is 0 Å². The molecule has 0 radical (unpaired) electrons. The lowest BCUT2D eigenvalue weighted by Crippen LogP contribution is -2.20.